The zero-order valence-corrected chi connectivity index (χ0v) is 7.65. The van der Waals surface area contributed by atoms with E-state index in [-0.39, 0.29) is 5.38 Å². The largest absolute Gasteiger partial charge is 0.118 e. The van der Waals surface area contributed by atoms with E-state index in [9.17, 15) is 0 Å². The van der Waals surface area contributed by atoms with Crippen LogP contribution in [0.4, 0.5) is 0 Å². The summed E-state index contributed by atoms with van der Waals surface area (Å²) in [6.45, 7) is 6.08. The molecule has 0 aromatic rings. The molecule has 0 radical (unpaired) electrons. The molecular weight excluding hydrogens is 144 g/mol. The summed E-state index contributed by atoms with van der Waals surface area (Å²) < 4.78 is 0. The number of hydrogen-bond acceptors (Lipinski definition) is 0. The first-order chi connectivity index (χ1) is 4.79. The zero-order chi connectivity index (χ0) is 7.98. The Bertz CT molecular complexity index is 134. The number of allylic oxidation sites excluding steroid dienone is 4. The van der Waals surface area contributed by atoms with Crippen molar-refractivity contribution in [2.24, 2.45) is 0 Å². The minimum absolute atomic E-state index is 0.235. The Morgan fingerprint density at radius 2 is 2.10 bits per heavy atom. The minimum atomic E-state index is 0.235. The maximum Gasteiger partial charge on any atom is 0.0553 e. The van der Waals surface area contributed by atoms with Crippen LogP contribution in [0.2, 0.25) is 0 Å². The SMILES string of the molecule is CC.CC1=CCC(Cl)C=C1. The van der Waals surface area contributed by atoms with Crippen LogP contribution in [-0.4, -0.2) is 5.38 Å². The van der Waals surface area contributed by atoms with Gasteiger partial charge in [-0.05, 0) is 13.3 Å². The molecule has 0 amide bonds. The van der Waals surface area contributed by atoms with Crippen LogP contribution >= 0.6 is 11.6 Å². The van der Waals surface area contributed by atoms with Crippen molar-refractivity contribution in [3.8, 4) is 0 Å². The Labute approximate surface area is 68.6 Å². The van der Waals surface area contributed by atoms with E-state index in [0.717, 1.165) is 6.42 Å². The van der Waals surface area contributed by atoms with E-state index in [1.165, 1.54) is 5.57 Å². The van der Waals surface area contributed by atoms with Crippen molar-refractivity contribution >= 4 is 11.6 Å². The van der Waals surface area contributed by atoms with Crippen molar-refractivity contribution in [3.05, 3.63) is 23.8 Å². The number of rotatable bonds is 0. The lowest BCUT2D eigenvalue weighted by Crippen LogP contribution is -1.94. The number of hydrogen-bond donors (Lipinski definition) is 0. The molecule has 1 rings (SSSR count). The van der Waals surface area contributed by atoms with Crippen molar-refractivity contribution < 1.29 is 0 Å². The second kappa shape index (κ2) is 5.55. The topological polar surface area (TPSA) is 0 Å². The quantitative estimate of drug-likeness (QED) is 0.474. The predicted molar refractivity (Wildman–Crippen MR) is 48.5 cm³/mol. The summed E-state index contributed by atoms with van der Waals surface area (Å²) in [5.41, 5.74) is 1.32. The molecule has 1 heteroatoms. The third-order valence-electron chi connectivity index (χ3n) is 1.23. The van der Waals surface area contributed by atoms with Gasteiger partial charge in [-0.1, -0.05) is 37.6 Å². The van der Waals surface area contributed by atoms with Crippen molar-refractivity contribution in [1.29, 1.82) is 0 Å². The van der Waals surface area contributed by atoms with E-state index in [2.05, 4.69) is 19.1 Å². The van der Waals surface area contributed by atoms with Gasteiger partial charge in [0.2, 0.25) is 0 Å². The predicted octanol–water partition coefficient (Wildman–Crippen LogP) is 3.53. The molecule has 0 spiro atoms. The minimum Gasteiger partial charge on any atom is -0.118 e. The molecule has 0 bridgehead atoms. The highest BCUT2D eigenvalue weighted by atomic mass is 35.5. The second-order valence-electron chi connectivity index (χ2n) is 2.06. The highest BCUT2D eigenvalue weighted by molar-refractivity contribution is 6.22. The average Bonchev–Trinajstić information content (AvgIpc) is 2.00. The summed E-state index contributed by atoms with van der Waals surface area (Å²) >= 11 is 5.75. The van der Waals surface area contributed by atoms with Gasteiger partial charge in [-0.2, -0.15) is 0 Å². The maximum atomic E-state index is 5.75. The fourth-order valence-corrected chi connectivity index (χ4v) is 0.863. The van der Waals surface area contributed by atoms with E-state index in [0.29, 0.717) is 0 Å². The van der Waals surface area contributed by atoms with Gasteiger partial charge in [0, 0.05) is 0 Å². The van der Waals surface area contributed by atoms with Gasteiger partial charge in [-0.25, -0.2) is 0 Å². The normalized spacial score (nSPS) is 22.8. The summed E-state index contributed by atoms with van der Waals surface area (Å²) in [5, 5.41) is 0.235. The summed E-state index contributed by atoms with van der Waals surface area (Å²) in [5.74, 6) is 0. The third kappa shape index (κ3) is 3.73. The van der Waals surface area contributed by atoms with Crippen LogP contribution in [0.5, 0.6) is 0 Å². The van der Waals surface area contributed by atoms with Crippen LogP contribution in [0.15, 0.2) is 23.8 Å². The molecular formula is C9H15Cl. The van der Waals surface area contributed by atoms with Gasteiger partial charge in [0.1, 0.15) is 0 Å². The lowest BCUT2D eigenvalue weighted by Gasteiger charge is -2.04. The molecule has 1 aliphatic carbocycles. The van der Waals surface area contributed by atoms with Gasteiger partial charge in [0.25, 0.3) is 0 Å². The number of alkyl halides is 1. The first-order valence-corrected chi connectivity index (χ1v) is 4.22. The molecule has 0 saturated carbocycles. The summed E-state index contributed by atoms with van der Waals surface area (Å²) in [6, 6.07) is 0. The fourth-order valence-electron chi connectivity index (χ4n) is 0.701. The van der Waals surface area contributed by atoms with Gasteiger partial charge >= 0.3 is 0 Å². The molecule has 58 valence electrons. The van der Waals surface area contributed by atoms with Crippen LogP contribution in [0, 0.1) is 0 Å². The van der Waals surface area contributed by atoms with E-state index < -0.39 is 0 Å². The Balaban J connectivity index is 0.000000371. The van der Waals surface area contributed by atoms with Gasteiger partial charge in [-0.15, -0.1) is 11.6 Å². The van der Waals surface area contributed by atoms with E-state index in [1.807, 2.05) is 19.9 Å². The van der Waals surface area contributed by atoms with E-state index in [4.69, 9.17) is 11.6 Å². The Hall–Kier alpha value is -0.230. The highest BCUT2D eigenvalue weighted by Gasteiger charge is 1.99. The third-order valence-corrected chi connectivity index (χ3v) is 1.56. The maximum absolute atomic E-state index is 5.75. The molecule has 1 atom stereocenters. The summed E-state index contributed by atoms with van der Waals surface area (Å²) in [7, 11) is 0. The van der Waals surface area contributed by atoms with Gasteiger partial charge in [-0.3, -0.25) is 0 Å². The van der Waals surface area contributed by atoms with Crippen molar-refractivity contribution in [1.82, 2.24) is 0 Å². The van der Waals surface area contributed by atoms with Gasteiger partial charge in [0.15, 0.2) is 0 Å². The van der Waals surface area contributed by atoms with Crippen LogP contribution in [-0.2, 0) is 0 Å². The molecule has 0 aliphatic heterocycles. The molecule has 1 unspecified atom stereocenters. The van der Waals surface area contributed by atoms with E-state index >= 15 is 0 Å². The van der Waals surface area contributed by atoms with E-state index in [1.54, 1.807) is 0 Å². The van der Waals surface area contributed by atoms with Gasteiger partial charge < -0.3 is 0 Å². The molecule has 0 aromatic carbocycles. The van der Waals surface area contributed by atoms with Crippen molar-refractivity contribution in [2.45, 2.75) is 32.6 Å². The highest BCUT2D eigenvalue weighted by Crippen LogP contribution is 2.13. The summed E-state index contributed by atoms with van der Waals surface area (Å²) in [4.78, 5) is 0. The molecule has 0 N–H and O–H groups in total. The van der Waals surface area contributed by atoms with Crippen LogP contribution in [0.25, 0.3) is 0 Å². The molecule has 0 nitrogen and oxygen atoms in total. The standard InChI is InChI=1S/C7H9Cl.C2H6/c1-6-2-4-7(8)5-3-6;1-2/h2-4,7H,5H2,1H3;1-2H3. The fraction of sp³-hybridized carbons (Fsp3) is 0.556. The van der Waals surface area contributed by atoms with Crippen LogP contribution < -0.4 is 0 Å². The average molecular weight is 159 g/mol. The zero-order valence-electron chi connectivity index (χ0n) is 6.89. The Morgan fingerprint density at radius 1 is 1.50 bits per heavy atom. The first-order valence-electron chi connectivity index (χ1n) is 3.78. The molecule has 10 heavy (non-hydrogen) atoms. The van der Waals surface area contributed by atoms with Crippen molar-refractivity contribution in [2.75, 3.05) is 0 Å². The van der Waals surface area contributed by atoms with Gasteiger partial charge in [0.05, 0.1) is 5.38 Å². The summed E-state index contributed by atoms with van der Waals surface area (Å²) in [6.07, 6.45) is 7.22. The Kier molecular flexibility index (Phi) is 5.42. The first kappa shape index (κ1) is 9.77. The second-order valence-corrected chi connectivity index (χ2v) is 2.62. The number of halogens is 1. The molecule has 1 aliphatic rings. The van der Waals surface area contributed by atoms with Crippen LogP contribution in [0.3, 0.4) is 0 Å². The molecule has 0 aromatic heterocycles. The lowest BCUT2D eigenvalue weighted by molar-refractivity contribution is 1.02. The monoisotopic (exact) mass is 158 g/mol. The smallest absolute Gasteiger partial charge is 0.0553 e. The lowest BCUT2D eigenvalue weighted by atomic mass is 10.1. The molecule has 0 fully saturated rings. The Morgan fingerprint density at radius 3 is 2.40 bits per heavy atom. The van der Waals surface area contributed by atoms with Crippen LogP contribution in [0.1, 0.15) is 27.2 Å². The molecule has 0 saturated heterocycles. The van der Waals surface area contributed by atoms with Crippen molar-refractivity contribution in [3.63, 3.8) is 0 Å². The molecule has 0 heterocycles.